The summed E-state index contributed by atoms with van der Waals surface area (Å²) < 4.78 is 0. The molecule has 0 aliphatic rings. The molecule has 118 valence electrons. The van der Waals surface area contributed by atoms with E-state index < -0.39 is 6.10 Å². The minimum atomic E-state index is -0.844. The van der Waals surface area contributed by atoms with Gasteiger partial charge in [0.15, 0.2) is 0 Å². The molecule has 4 nitrogen and oxygen atoms in total. The van der Waals surface area contributed by atoms with Gasteiger partial charge in [0.1, 0.15) is 5.82 Å². The van der Waals surface area contributed by atoms with E-state index in [1.54, 1.807) is 18.2 Å². The largest absolute Gasteiger partial charge is 0.386 e. The lowest BCUT2D eigenvalue weighted by atomic mass is 10.1. The molecule has 0 unspecified atom stereocenters. The van der Waals surface area contributed by atoms with E-state index in [0.717, 1.165) is 16.7 Å². The topological polar surface area (TPSA) is 58.0 Å². The van der Waals surface area contributed by atoms with Gasteiger partial charge in [0.05, 0.1) is 22.8 Å². The van der Waals surface area contributed by atoms with Crippen molar-refractivity contribution < 1.29 is 5.11 Å². The van der Waals surface area contributed by atoms with Crippen molar-refractivity contribution in [1.29, 1.82) is 0 Å². The van der Waals surface area contributed by atoms with E-state index in [-0.39, 0.29) is 6.54 Å². The van der Waals surface area contributed by atoms with Crippen molar-refractivity contribution in [1.82, 2.24) is 9.97 Å². The maximum atomic E-state index is 10.4. The quantitative estimate of drug-likeness (QED) is 0.734. The number of aliphatic hydroxyl groups excluding tert-OH is 1. The summed E-state index contributed by atoms with van der Waals surface area (Å²) in [4.78, 5) is 9.04. The monoisotopic (exact) mass is 347 g/mol. The van der Waals surface area contributed by atoms with Gasteiger partial charge < -0.3 is 10.4 Å². The van der Waals surface area contributed by atoms with Crippen LogP contribution in [0.15, 0.2) is 42.5 Å². The van der Waals surface area contributed by atoms with E-state index in [1.165, 1.54) is 0 Å². The van der Waals surface area contributed by atoms with Gasteiger partial charge in [-0.05, 0) is 31.2 Å². The Hall–Kier alpha value is -1.88. The lowest BCUT2D eigenvalue weighted by molar-refractivity contribution is 0.191. The van der Waals surface area contributed by atoms with Crippen LogP contribution in [0.4, 0.5) is 5.82 Å². The number of fused-ring (bicyclic) bond motifs is 1. The van der Waals surface area contributed by atoms with Crippen LogP contribution in [0.5, 0.6) is 0 Å². The number of rotatable bonds is 4. The van der Waals surface area contributed by atoms with Gasteiger partial charge in [0.2, 0.25) is 0 Å². The number of para-hydroxylation sites is 2. The molecule has 0 fully saturated rings. The molecule has 0 radical (unpaired) electrons. The van der Waals surface area contributed by atoms with E-state index in [2.05, 4.69) is 15.3 Å². The Morgan fingerprint density at radius 2 is 1.61 bits per heavy atom. The summed E-state index contributed by atoms with van der Waals surface area (Å²) in [7, 11) is 0. The van der Waals surface area contributed by atoms with Crippen LogP contribution in [-0.4, -0.2) is 21.6 Å². The average molecular weight is 348 g/mol. The molecule has 2 N–H and O–H groups in total. The first-order valence-corrected chi connectivity index (χ1v) is 7.91. The molecule has 3 aromatic rings. The van der Waals surface area contributed by atoms with Gasteiger partial charge >= 0.3 is 0 Å². The normalized spacial score (nSPS) is 12.3. The third-order valence-corrected chi connectivity index (χ3v) is 4.20. The highest BCUT2D eigenvalue weighted by Crippen LogP contribution is 2.30. The number of hydrogen-bond donors (Lipinski definition) is 2. The Labute approximate surface area is 144 Å². The maximum absolute atomic E-state index is 10.4. The van der Waals surface area contributed by atoms with E-state index in [4.69, 9.17) is 23.2 Å². The molecule has 6 heteroatoms. The van der Waals surface area contributed by atoms with Gasteiger partial charge in [-0.1, -0.05) is 41.4 Å². The van der Waals surface area contributed by atoms with Gasteiger partial charge in [-0.15, -0.1) is 0 Å². The molecule has 23 heavy (non-hydrogen) atoms. The van der Waals surface area contributed by atoms with Gasteiger partial charge in [0, 0.05) is 22.2 Å². The highest BCUT2D eigenvalue weighted by Gasteiger charge is 2.16. The molecule has 2 aromatic carbocycles. The van der Waals surface area contributed by atoms with Crippen molar-refractivity contribution in [3.05, 3.63) is 63.8 Å². The number of nitrogens with one attached hydrogen (secondary N) is 1. The zero-order valence-corrected chi connectivity index (χ0v) is 13.9. The highest BCUT2D eigenvalue weighted by molar-refractivity contribution is 6.36. The molecule has 1 heterocycles. The zero-order valence-electron chi connectivity index (χ0n) is 12.4. The van der Waals surface area contributed by atoms with Crippen LogP contribution in [0.1, 0.15) is 17.4 Å². The predicted molar refractivity (Wildman–Crippen MR) is 94.2 cm³/mol. The van der Waals surface area contributed by atoms with Gasteiger partial charge in [-0.25, -0.2) is 9.97 Å². The summed E-state index contributed by atoms with van der Waals surface area (Å²) in [6, 6.07) is 12.8. The number of aryl methyl sites for hydroxylation is 1. The van der Waals surface area contributed by atoms with Crippen molar-refractivity contribution in [2.45, 2.75) is 13.0 Å². The Bertz CT molecular complexity index is 834. The number of aliphatic hydroxyl groups is 1. The molecule has 0 aliphatic carbocycles. The molecule has 0 saturated heterocycles. The Balaban J connectivity index is 1.81. The Morgan fingerprint density at radius 3 is 2.26 bits per heavy atom. The minimum Gasteiger partial charge on any atom is -0.386 e. The maximum Gasteiger partial charge on any atom is 0.148 e. The number of halogens is 2. The SMILES string of the molecule is Cc1nc2ccccc2nc1NC[C@H](O)c1c(Cl)cccc1Cl. The van der Waals surface area contributed by atoms with Crippen LogP contribution < -0.4 is 5.32 Å². The number of nitrogens with zero attached hydrogens (tertiary/aromatic N) is 2. The number of benzene rings is 2. The first-order chi connectivity index (χ1) is 11.1. The van der Waals surface area contributed by atoms with Gasteiger partial charge in [-0.3, -0.25) is 0 Å². The summed E-state index contributed by atoms with van der Waals surface area (Å²) in [6.45, 7) is 2.11. The fourth-order valence-corrected chi connectivity index (χ4v) is 3.03. The second-order valence-electron chi connectivity index (χ2n) is 5.18. The Kier molecular flexibility index (Phi) is 4.66. The standard InChI is InChI=1S/C17H15Cl2N3O/c1-10-17(22-14-8-3-2-7-13(14)21-10)20-9-15(23)16-11(18)5-4-6-12(16)19/h2-8,15,23H,9H2,1H3,(H,20,22)/t15-/m0/s1. The van der Waals surface area contributed by atoms with Crippen molar-refractivity contribution >= 4 is 40.1 Å². The van der Waals surface area contributed by atoms with Crippen LogP contribution in [0, 0.1) is 6.92 Å². The fourth-order valence-electron chi connectivity index (χ4n) is 2.38. The minimum absolute atomic E-state index is 0.233. The molecule has 0 spiro atoms. The fraction of sp³-hybridized carbons (Fsp3) is 0.176. The second-order valence-corrected chi connectivity index (χ2v) is 5.99. The summed E-state index contributed by atoms with van der Waals surface area (Å²) in [5.74, 6) is 0.630. The summed E-state index contributed by atoms with van der Waals surface area (Å²) >= 11 is 12.2. The van der Waals surface area contributed by atoms with Gasteiger partial charge in [-0.2, -0.15) is 0 Å². The third-order valence-electron chi connectivity index (χ3n) is 3.54. The molecule has 0 amide bonds. The molecular formula is C17H15Cl2N3O. The molecule has 1 aromatic heterocycles. The molecule has 0 saturated carbocycles. The lowest BCUT2D eigenvalue weighted by Crippen LogP contribution is -2.15. The van der Waals surface area contributed by atoms with Gasteiger partial charge in [0.25, 0.3) is 0 Å². The van der Waals surface area contributed by atoms with Crippen LogP contribution in [-0.2, 0) is 0 Å². The molecule has 3 rings (SSSR count). The van der Waals surface area contributed by atoms with E-state index in [0.29, 0.717) is 21.4 Å². The number of hydrogen-bond acceptors (Lipinski definition) is 4. The summed E-state index contributed by atoms with van der Waals surface area (Å²) in [5.41, 5.74) is 2.91. The molecular weight excluding hydrogens is 333 g/mol. The summed E-state index contributed by atoms with van der Waals surface area (Å²) in [6.07, 6.45) is -0.844. The predicted octanol–water partition coefficient (Wildman–Crippen LogP) is 4.39. The van der Waals surface area contributed by atoms with E-state index in [9.17, 15) is 5.11 Å². The zero-order chi connectivity index (χ0) is 16.4. The van der Waals surface area contributed by atoms with Crippen LogP contribution in [0.25, 0.3) is 11.0 Å². The third kappa shape index (κ3) is 3.39. The molecule has 0 aliphatic heterocycles. The van der Waals surface area contributed by atoms with Crippen molar-refractivity contribution in [2.75, 3.05) is 11.9 Å². The first kappa shape index (κ1) is 16.0. The van der Waals surface area contributed by atoms with E-state index >= 15 is 0 Å². The number of aromatic nitrogens is 2. The van der Waals surface area contributed by atoms with Crippen molar-refractivity contribution in [3.63, 3.8) is 0 Å². The number of anilines is 1. The van der Waals surface area contributed by atoms with Crippen molar-refractivity contribution in [3.8, 4) is 0 Å². The van der Waals surface area contributed by atoms with Crippen LogP contribution >= 0.6 is 23.2 Å². The van der Waals surface area contributed by atoms with Crippen LogP contribution in [0.2, 0.25) is 10.0 Å². The molecule has 1 atom stereocenters. The Morgan fingerprint density at radius 1 is 1.00 bits per heavy atom. The highest BCUT2D eigenvalue weighted by atomic mass is 35.5. The van der Waals surface area contributed by atoms with Crippen molar-refractivity contribution in [2.24, 2.45) is 0 Å². The average Bonchev–Trinajstić information content (AvgIpc) is 2.52. The summed E-state index contributed by atoms with van der Waals surface area (Å²) in [5, 5.41) is 14.4. The second kappa shape index (κ2) is 6.71. The molecule has 0 bridgehead atoms. The van der Waals surface area contributed by atoms with Crippen LogP contribution in [0.3, 0.4) is 0 Å². The lowest BCUT2D eigenvalue weighted by Gasteiger charge is -2.16. The van der Waals surface area contributed by atoms with E-state index in [1.807, 2.05) is 31.2 Å². The first-order valence-electron chi connectivity index (χ1n) is 7.15. The smallest absolute Gasteiger partial charge is 0.148 e.